The Hall–Kier alpha value is -2.06. The number of nitrogens with zero attached hydrogens (tertiary/aromatic N) is 3. The quantitative estimate of drug-likeness (QED) is 0.471. The van der Waals surface area contributed by atoms with Gasteiger partial charge in [0, 0.05) is 6.20 Å². The van der Waals surface area contributed by atoms with Crippen LogP contribution in [0.25, 0.3) is 11.0 Å². The lowest BCUT2D eigenvalue weighted by Crippen LogP contribution is -2.54. The van der Waals surface area contributed by atoms with E-state index in [-0.39, 0.29) is 11.5 Å². The average Bonchev–Trinajstić information content (AvgIpc) is 3.08. The number of rotatable bonds is 1. The predicted octanol–water partition coefficient (Wildman–Crippen LogP) is 0.445. The standard InChI is InChI=1S/C14H15FN5O5P/c1-2-4-13(21)11-14(15,6-23-26(17,22)25-11)24-12(13)20-5-3-8-9(16)18-7-19-10(8)20/h3,5,7,11-12,21H,6H2,1H3,(H2,17,22)(H2,16,18,19)/t11-,12+,13+,14+,26?/m0/s1. The van der Waals surface area contributed by atoms with Gasteiger partial charge in [0.2, 0.25) is 5.60 Å². The van der Waals surface area contributed by atoms with Crippen LogP contribution in [0.4, 0.5) is 10.2 Å². The topological polar surface area (TPSA) is 148 Å². The Morgan fingerprint density at radius 1 is 1.54 bits per heavy atom. The number of alkyl halides is 1. The molecule has 26 heavy (non-hydrogen) atoms. The molecule has 2 saturated heterocycles. The van der Waals surface area contributed by atoms with E-state index in [0.29, 0.717) is 5.39 Å². The molecule has 12 heteroatoms. The molecule has 0 bridgehead atoms. The van der Waals surface area contributed by atoms with E-state index in [4.69, 9.17) is 25.0 Å². The van der Waals surface area contributed by atoms with E-state index in [1.54, 1.807) is 6.07 Å². The Bertz CT molecular complexity index is 1000. The molecule has 0 aromatic carbocycles. The SMILES string of the molecule is CC#C[C@]1(O)[C@H](n2ccc3c(N)ncnc32)O[C@]2(F)COP(N)(=O)O[C@@H]12. The van der Waals surface area contributed by atoms with Gasteiger partial charge in [0.1, 0.15) is 24.4 Å². The molecule has 2 aliphatic rings. The van der Waals surface area contributed by atoms with Crippen molar-refractivity contribution in [1.29, 1.82) is 0 Å². The zero-order valence-corrected chi connectivity index (χ0v) is 14.4. The summed E-state index contributed by atoms with van der Waals surface area (Å²) in [5, 5.41) is 11.6. The predicted molar refractivity (Wildman–Crippen MR) is 86.9 cm³/mol. The smallest absolute Gasteiger partial charge is 0.383 e. The molecule has 138 valence electrons. The van der Waals surface area contributed by atoms with E-state index in [1.807, 2.05) is 0 Å². The largest absolute Gasteiger partial charge is 0.403 e. The second-order valence-electron chi connectivity index (χ2n) is 5.97. The van der Waals surface area contributed by atoms with E-state index in [2.05, 4.69) is 21.8 Å². The molecule has 0 amide bonds. The molecule has 5 atom stereocenters. The van der Waals surface area contributed by atoms with Gasteiger partial charge in [-0.15, -0.1) is 5.92 Å². The summed E-state index contributed by atoms with van der Waals surface area (Å²) in [4.78, 5) is 7.97. The zero-order valence-electron chi connectivity index (χ0n) is 13.5. The van der Waals surface area contributed by atoms with E-state index < -0.39 is 38.1 Å². The fourth-order valence-electron chi connectivity index (χ4n) is 3.20. The van der Waals surface area contributed by atoms with Crippen molar-refractivity contribution in [3.8, 4) is 11.8 Å². The molecule has 2 aliphatic heterocycles. The molecule has 1 unspecified atom stereocenters. The van der Waals surface area contributed by atoms with E-state index in [9.17, 15) is 9.67 Å². The maximum atomic E-state index is 15.3. The van der Waals surface area contributed by atoms with Gasteiger partial charge >= 0.3 is 7.75 Å². The number of nitrogens with two attached hydrogens (primary N) is 2. The minimum absolute atomic E-state index is 0.204. The molecule has 0 spiro atoms. The number of halogens is 1. The molecule has 0 radical (unpaired) electrons. The van der Waals surface area contributed by atoms with Crippen LogP contribution in [-0.2, 0) is 18.3 Å². The van der Waals surface area contributed by atoms with Crippen LogP contribution in [0.2, 0.25) is 0 Å². The Morgan fingerprint density at radius 2 is 2.31 bits per heavy atom. The molecule has 0 saturated carbocycles. The normalized spacial score (nSPS) is 39.4. The average molecular weight is 383 g/mol. The van der Waals surface area contributed by atoms with Crippen molar-refractivity contribution < 1.29 is 27.8 Å². The van der Waals surface area contributed by atoms with Crippen molar-refractivity contribution >= 4 is 24.6 Å². The van der Waals surface area contributed by atoms with Crippen molar-refractivity contribution in [2.24, 2.45) is 5.50 Å². The van der Waals surface area contributed by atoms with Crippen LogP contribution < -0.4 is 11.2 Å². The van der Waals surface area contributed by atoms with Crippen LogP contribution in [0.5, 0.6) is 0 Å². The molecule has 2 aromatic heterocycles. The Balaban J connectivity index is 1.89. The summed E-state index contributed by atoms with van der Waals surface area (Å²) in [6.07, 6.45) is -0.432. The van der Waals surface area contributed by atoms with Gasteiger partial charge in [0.15, 0.2) is 12.3 Å². The van der Waals surface area contributed by atoms with Crippen molar-refractivity contribution in [2.45, 2.75) is 30.7 Å². The van der Waals surface area contributed by atoms with Crippen LogP contribution in [0, 0.1) is 11.8 Å². The molecule has 2 fully saturated rings. The van der Waals surface area contributed by atoms with E-state index >= 15 is 4.39 Å². The van der Waals surface area contributed by atoms with Crippen LogP contribution >= 0.6 is 7.75 Å². The highest BCUT2D eigenvalue weighted by molar-refractivity contribution is 7.51. The lowest BCUT2D eigenvalue weighted by Gasteiger charge is -2.35. The number of fused-ring (bicyclic) bond motifs is 2. The van der Waals surface area contributed by atoms with Gasteiger partial charge in [-0.1, -0.05) is 5.92 Å². The third kappa shape index (κ3) is 2.35. The summed E-state index contributed by atoms with van der Waals surface area (Å²) < 4.78 is 43.8. The van der Waals surface area contributed by atoms with E-state index in [0.717, 1.165) is 0 Å². The Kier molecular flexibility index (Phi) is 3.65. The highest BCUT2D eigenvalue weighted by atomic mass is 31.2. The van der Waals surface area contributed by atoms with Crippen LogP contribution in [0.15, 0.2) is 18.6 Å². The summed E-state index contributed by atoms with van der Waals surface area (Å²) in [5.41, 5.74) is 9.25. The summed E-state index contributed by atoms with van der Waals surface area (Å²) in [5.74, 6) is 2.58. The first-order valence-corrected chi connectivity index (χ1v) is 9.13. The first-order valence-electron chi connectivity index (χ1n) is 7.52. The summed E-state index contributed by atoms with van der Waals surface area (Å²) in [7, 11) is -4.06. The van der Waals surface area contributed by atoms with Gasteiger partial charge in [-0.05, 0) is 13.0 Å². The molecule has 10 nitrogen and oxygen atoms in total. The monoisotopic (exact) mass is 383 g/mol. The molecular weight excluding hydrogens is 368 g/mol. The van der Waals surface area contributed by atoms with Crippen molar-refractivity contribution in [2.75, 3.05) is 12.3 Å². The van der Waals surface area contributed by atoms with Gasteiger partial charge in [-0.2, -0.15) is 0 Å². The maximum Gasteiger partial charge on any atom is 0.403 e. The lowest BCUT2D eigenvalue weighted by molar-refractivity contribution is -0.214. The molecular formula is C14H15FN5O5P. The number of hydrogen-bond donors (Lipinski definition) is 3. The van der Waals surface area contributed by atoms with Gasteiger partial charge in [-0.25, -0.2) is 24.4 Å². The van der Waals surface area contributed by atoms with Crippen molar-refractivity contribution in [3.63, 3.8) is 0 Å². The van der Waals surface area contributed by atoms with Crippen LogP contribution in [-0.4, -0.2) is 43.8 Å². The number of ether oxygens (including phenoxy) is 1. The number of anilines is 1. The first kappa shape index (κ1) is 17.4. The Labute approximate surface area is 146 Å². The second-order valence-corrected chi connectivity index (χ2v) is 7.52. The van der Waals surface area contributed by atoms with Gasteiger partial charge in [0.25, 0.3) is 5.85 Å². The fourth-order valence-corrected chi connectivity index (χ4v) is 4.22. The number of nitrogen functional groups attached to an aromatic ring is 1. The maximum absolute atomic E-state index is 15.3. The van der Waals surface area contributed by atoms with Gasteiger partial charge in [-0.3, -0.25) is 9.05 Å². The zero-order chi connectivity index (χ0) is 18.7. The first-order chi connectivity index (χ1) is 12.2. The summed E-state index contributed by atoms with van der Waals surface area (Å²) in [6, 6.07) is 1.59. The molecule has 4 heterocycles. The summed E-state index contributed by atoms with van der Waals surface area (Å²) in [6.45, 7) is 0.661. The van der Waals surface area contributed by atoms with Crippen LogP contribution in [0.3, 0.4) is 0 Å². The van der Waals surface area contributed by atoms with E-state index in [1.165, 1.54) is 24.0 Å². The molecule has 0 aliphatic carbocycles. The number of hydrogen-bond acceptors (Lipinski definition) is 8. The van der Waals surface area contributed by atoms with Crippen molar-refractivity contribution in [3.05, 3.63) is 18.6 Å². The molecule has 4 rings (SSSR count). The minimum Gasteiger partial charge on any atom is -0.383 e. The third-order valence-corrected chi connectivity index (χ3v) is 5.28. The minimum atomic E-state index is -4.06. The third-order valence-electron chi connectivity index (χ3n) is 4.29. The number of aliphatic hydroxyl groups is 1. The second kappa shape index (κ2) is 5.47. The van der Waals surface area contributed by atoms with Crippen molar-refractivity contribution in [1.82, 2.24) is 14.5 Å². The number of aromatic nitrogens is 3. The lowest BCUT2D eigenvalue weighted by atomic mass is 9.93. The fraction of sp³-hybridized carbons (Fsp3) is 0.429. The Morgan fingerprint density at radius 3 is 3.04 bits per heavy atom. The molecule has 5 N–H and O–H groups in total. The van der Waals surface area contributed by atoms with Gasteiger partial charge in [0.05, 0.1) is 5.39 Å². The molecule has 2 aromatic rings. The van der Waals surface area contributed by atoms with Crippen LogP contribution in [0.1, 0.15) is 13.2 Å². The summed E-state index contributed by atoms with van der Waals surface area (Å²) >= 11 is 0. The highest BCUT2D eigenvalue weighted by Gasteiger charge is 2.70. The van der Waals surface area contributed by atoms with Gasteiger partial charge < -0.3 is 20.1 Å². The highest BCUT2D eigenvalue weighted by Crippen LogP contribution is 2.58.